The van der Waals surface area contributed by atoms with Gasteiger partial charge in [-0.15, -0.1) is 0 Å². The highest BCUT2D eigenvalue weighted by atomic mass is 15.0. The van der Waals surface area contributed by atoms with Gasteiger partial charge >= 0.3 is 0 Å². The van der Waals surface area contributed by atoms with Crippen molar-refractivity contribution in [1.82, 2.24) is 10.3 Å². The Bertz CT molecular complexity index is 290. The van der Waals surface area contributed by atoms with Crippen molar-refractivity contribution < 1.29 is 0 Å². The van der Waals surface area contributed by atoms with Crippen LogP contribution in [0.3, 0.4) is 0 Å². The summed E-state index contributed by atoms with van der Waals surface area (Å²) in [4.78, 5) is 4.21. The molecular formula is C11H18N4. The van der Waals surface area contributed by atoms with E-state index in [4.69, 9.17) is 5.73 Å². The van der Waals surface area contributed by atoms with Crippen molar-refractivity contribution in [2.45, 2.75) is 12.8 Å². The summed E-state index contributed by atoms with van der Waals surface area (Å²) in [5, 5.41) is 6.73. The first-order valence-corrected chi connectivity index (χ1v) is 5.51. The van der Waals surface area contributed by atoms with Crippen LogP contribution in [0.1, 0.15) is 12.8 Å². The van der Waals surface area contributed by atoms with Gasteiger partial charge in [0.05, 0.1) is 11.9 Å². The number of nitrogen functional groups attached to an aromatic ring is 1. The first-order valence-electron chi connectivity index (χ1n) is 5.51. The average molecular weight is 206 g/mol. The van der Waals surface area contributed by atoms with Gasteiger partial charge in [0.15, 0.2) is 0 Å². The van der Waals surface area contributed by atoms with Crippen LogP contribution in [0.15, 0.2) is 18.3 Å². The van der Waals surface area contributed by atoms with Gasteiger partial charge in [0.25, 0.3) is 0 Å². The van der Waals surface area contributed by atoms with Crippen LogP contribution in [-0.4, -0.2) is 24.6 Å². The average Bonchev–Trinajstić information content (AvgIpc) is 2.30. The monoisotopic (exact) mass is 206 g/mol. The van der Waals surface area contributed by atoms with Gasteiger partial charge in [-0.25, -0.2) is 4.98 Å². The highest BCUT2D eigenvalue weighted by Gasteiger charge is 2.12. The summed E-state index contributed by atoms with van der Waals surface area (Å²) in [7, 11) is 0. The molecule has 4 nitrogen and oxygen atoms in total. The Kier molecular flexibility index (Phi) is 3.40. The molecule has 1 saturated heterocycles. The molecule has 82 valence electrons. The molecule has 2 heterocycles. The largest absolute Gasteiger partial charge is 0.397 e. The van der Waals surface area contributed by atoms with E-state index in [0.29, 0.717) is 5.69 Å². The van der Waals surface area contributed by atoms with Crippen LogP contribution >= 0.6 is 0 Å². The maximum absolute atomic E-state index is 5.57. The molecule has 0 saturated carbocycles. The number of rotatable bonds is 3. The normalized spacial score (nSPS) is 21.2. The number of hydrogen-bond donors (Lipinski definition) is 3. The first kappa shape index (κ1) is 10.2. The van der Waals surface area contributed by atoms with Crippen LogP contribution in [0.2, 0.25) is 0 Å². The molecule has 0 radical (unpaired) electrons. The molecule has 1 fully saturated rings. The van der Waals surface area contributed by atoms with E-state index in [2.05, 4.69) is 15.6 Å². The lowest BCUT2D eigenvalue weighted by Gasteiger charge is -2.23. The SMILES string of the molecule is Nc1ccc(NCC2CCCNC2)nc1. The van der Waals surface area contributed by atoms with Crippen LogP contribution in [0, 0.1) is 5.92 Å². The molecular weight excluding hydrogens is 188 g/mol. The van der Waals surface area contributed by atoms with Gasteiger partial charge in [-0.3, -0.25) is 0 Å². The van der Waals surface area contributed by atoms with Gasteiger partial charge in [-0.1, -0.05) is 0 Å². The second kappa shape index (κ2) is 4.98. The molecule has 1 aromatic rings. The zero-order valence-electron chi connectivity index (χ0n) is 8.87. The van der Waals surface area contributed by atoms with E-state index in [0.717, 1.165) is 31.4 Å². The summed E-state index contributed by atoms with van der Waals surface area (Å²) in [6.07, 6.45) is 4.26. The number of anilines is 2. The fourth-order valence-electron chi connectivity index (χ4n) is 1.86. The number of hydrogen-bond acceptors (Lipinski definition) is 4. The second-order valence-electron chi connectivity index (χ2n) is 4.07. The van der Waals surface area contributed by atoms with Crippen LogP contribution in [0.25, 0.3) is 0 Å². The van der Waals surface area contributed by atoms with Gasteiger partial charge < -0.3 is 16.4 Å². The molecule has 1 aliphatic rings. The van der Waals surface area contributed by atoms with E-state index in [9.17, 15) is 0 Å². The van der Waals surface area contributed by atoms with Crippen LogP contribution < -0.4 is 16.4 Å². The Morgan fingerprint density at radius 2 is 2.47 bits per heavy atom. The summed E-state index contributed by atoms with van der Waals surface area (Å²) in [6.45, 7) is 3.27. The molecule has 0 bridgehead atoms. The molecule has 0 spiro atoms. The standard InChI is InChI=1S/C11H18N4/c12-10-3-4-11(15-8-10)14-7-9-2-1-5-13-6-9/h3-4,8-9,13H,1-2,5-7,12H2,(H,14,15). The fraction of sp³-hybridized carbons (Fsp3) is 0.545. The van der Waals surface area contributed by atoms with Gasteiger partial charge in [0, 0.05) is 6.54 Å². The van der Waals surface area contributed by atoms with Crippen molar-refractivity contribution >= 4 is 11.5 Å². The van der Waals surface area contributed by atoms with Gasteiger partial charge in [-0.2, -0.15) is 0 Å². The minimum Gasteiger partial charge on any atom is -0.397 e. The lowest BCUT2D eigenvalue weighted by molar-refractivity contribution is 0.392. The maximum atomic E-state index is 5.57. The van der Waals surface area contributed by atoms with E-state index in [1.54, 1.807) is 6.20 Å². The lowest BCUT2D eigenvalue weighted by Crippen LogP contribution is -2.33. The Morgan fingerprint density at radius 3 is 3.13 bits per heavy atom. The molecule has 2 rings (SSSR count). The number of pyridine rings is 1. The van der Waals surface area contributed by atoms with Crippen molar-refractivity contribution in [1.29, 1.82) is 0 Å². The summed E-state index contributed by atoms with van der Waals surface area (Å²) in [5.41, 5.74) is 6.27. The number of aromatic nitrogens is 1. The van der Waals surface area contributed by atoms with Crippen molar-refractivity contribution in [3.05, 3.63) is 18.3 Å². The summed E-state index contributed by atoms with van der Waals surface area (Å²) in [5.74, 6) is 1.63. The van der Waals surface area contributed by atoms with Crippen LogP contribution in [0.5, 0.6) is 0 Å². The van der Waals surface area contributed by atoms with E-state index >= 15 is 0 Å². The van der Waals surface area contributed by atoms with Crippen molar-refractivity contribution in [3.63, 3.8) is 0 Å². The molecule has 0 amide bonds. The third-order valence-corrected chi connectivity index (χ3v) is 2.76. The van der Waals surface area contributed by atoms with E-state index in [1.165, 1.54) is 12.8 Å². The summed E-state index contributed by atoms with van der Waals surface area (Å²) in [6, 6.07) is 3.79. The van der Waals surface area contributed by atoms with Crippen LogP contribution in [0.4, 0.5) is 11.5 Å². The van der Waals surface area contributed by atoms with Crippen molar-refractivity contribution in [2.75, 3.05) is 30.7 Å². The molecule has 0 aliphatic carbocycles. The highest BCUT2D eigenvalue weighted by Crippen LogP contribution is 2.11. The minimum atomic E-state index is 0.708. The molecule has 15 heavy (non-hydrogen) atoms. The fourth-order valence-corrected chi connectivity index (χ4v) is 1.86. The third-order valence-electron chi connectivity index (χ3n) is 2.76. The molecule has 1 aliphatic heterocycles. The zero-order chi connectivity index (χ0) is 10.5. The predicted octanol–water partition coefficient (Wildman–Crippen LogP) is 1.08. The van der Waals surface area contributed by atoms with Gasteiger partial charge in [0.2, 0.25) is 0 Å². The van der Waals surface area contributed by atoms with E-state index in [1.807, 2.05) is 12.1 Å². The Hall–Kier alpha value is -1.29. The van der Waals surface area contributed by atoms with Gasteiger partial charge in [0.1, 0.15) is 5.82 Å². The third kappa shape index (κ3) is 3.09. The molecule has 4 heteroatoms. The van der Waals surface area contributed by atoms with Crippen LogP contribution in [-0.2, 0) is 0 Å². The summed E-state index contributed by atoms with van der Waals surface area (Å²) >= 11 is 0. The number of piperidine rings is 1. The molecule has 4 N–H and O–H groups in total. The smallest absolute Gasteiger partial charge is 0.126 e. The quantitative estimate of drug-likeness (QED) is 0.692. The number of nitrogens with zero attached hydrogens (tertiary/aromatic N) is 1. The molecule has 0 aromatic carbocycles. The maximum Gasteiger partial charge on any atom is 0.126 e. The Morgan fingerprint density at radius 1 is 1.53 bits per heavy atom. The van der Waals surface area contributed by atoms with Crippen molar-refractivity contribution in [3.8, 4) is 0 Å². The van der Waals surface area contributed by atoms with E-state index in [-0.39, 0.29) is 0 Å². The van der Waals surface area contributed by atoms with Crippen molar-refractivity contribution in [2.24, 2.45) is 5.92 Å². The Balaban J connectivity index is 1.79. The zero-order valence-corrected chi connectivity index (χ0v) is 8.87. The first-order chi connectivity index (χ1) is 7.34. The van der Waals surface area contributed by atoms with Gasteiger partial charge in [-0.05, 0) is 44.0 Å². The summed E-state index contributed by atoms with van der Waals surface area (Å²) < 4.78 is 0. The minimum absolute atomic E-state index is 0.708. The molecule has 1 unspecified atom stereocenters. The highest BCUT2D eigenvalue weighted by molar-refractivity contribution is 5.43. The predicted molar refractivity (Wildman–Crippen MR) is 62.7 cm³/mol. The number of nitrogens with one attached hydrogen (secondary N) is 2. The molecule has 1 aromatic heterocycles. The van der Waals surface area contributed by atoms with E-state index < -0.39 is 0 Å². The Labute approximate surface area is 90.3 Å². The number of nitrogens with two attached hydrogens (primary N) is 1. The molecule has 1 atom stereocenters. The lowest BCUT2D eigenvalue weighted by atomic mass is 10.00. The second-order valence-corrected chi connectivity index (χ2v) is 4.07. The topological polar surface area (TPSA) is 63.0 Å².